The number of rotatable bonds is 4. The Kier molecular flexibility index (Phi) is 4.21. The van der Waals surface area contributed by atoms with Crippen LogP contribution in [0.3, 0.4) is 0 Å². The summed E-state index contributed by atoms with van der Waals surface area (Å²) < 4.78 is 21.3. The van der Waals surface area contributed by atoms with Crippen molar-refractivity contribution in [3.8, 4) is 5.75 Å². The zero-order chi connectivity index (χ0) is 19.5. The smallest absolute Gasteiger partial charge is 0.128 e. The van der Waals surface area contributed by atoms with Gasteiger partial charge in [-0.3, -0.25) is 10.00 Å². The van der Waals surface area contributed by atoms with Crippen LogP contribution in [0.1, 0.15) is 42.5 Å². The van der Waals surface area contributed by atoms with Crippen molar-refractivity contribution < 1.29 is 9.13 Å². The molecule has 1 fully saturated rings. The van der Waals surface area contributed by atoms with Crippen molar-refractivity contribution in [1.82, 2.24) is 20.1 Å². The zero-order valence-electron chi connectivity index (χ0n) is 15.9. The number of fused-ring (bicyclic) bond motifs is 3. The molecule has 0 unspecified atom stereocenters. The van der Waals surface area contributed by atoms with Crippen LogP contribution in [0.2, 0.25) is 0 Å². The van der Waals surface area contributed by atoms with E-state index in [9.17, 15) is 4.39 Å². The van der Waals surface area contributed by atoms with Gasteiger partial charge in [0.2, 0.25) is 0 Å². The predicted octanol–water partition coefficient (Wildman–Crippen LogP) is 4.57. The van der Waals surface area contributed by atoms with E-state index < -0.39 is 5.67 Å². The van der Waals surface area contributed by atoms with Gasteiger partial charge in [0.1, 0.15) is 16.0 Å². The minimum atomic E-state index is -1.07. The largest absolute Gasteiger partial charge is 0.496 e. The van der Waals surface area contributed by atoms with E-state index in [0.717, 1.165) is 33.2 Å². The number of H-pyrrole nitrogens is 1. The van der Waals surface area contributed by atoms with E-state index in [2.05, 4.69) is 55.1 Å². The molecule has 3 aromatic rings. The lowest BCUT2D eigenvalue weighted by molar-refractivity contribution is 0.0972. The van der Waals surface area contributed by atoms with Gasteiger partial charge in [0.25, 0.3) is 0 Å². The van der Waals surface area contributed by atoms with E-state index in [4.69, 9.17) is 4.74 Å². The molecule has 2 aliphatic rings. The molecule has 146 valence electrons. The monoisotopic (exact) mass is 444 g/mol. The molecule has 2 aromatic heterocycles. The summed E-state index contributed by atoms with van der Waals surface area (Å²) in [5.74, 6) is 0.757. The number of alkyl halides is 1. The van der Waals surface area contributed by atoms with Gasteiger partial charge in [-0.05, 0) is 59.3 Å². The van der Waals surface area contributed by atoms with E-state index in [1.54, 1.807) is 7.11 Å². The average molecular weight is 445 g/mol. The fourth-order valence-electron chi connectivity index (χ4n) is 4.44. The first-order valence-electron chi connectivity index (χ1n) is 9.58. The molecule has 2 atom stereocenters. The van der Waals surface area contributed by atoms with Gasteiger partial charge in [-0.1, -0.05) is 6.07 Å². The molecule has 0 bridgehead atoms. The molecular formula is C21H22BrFN4O. The number of hydrogen-bond donors (Lipinski definition) is 1. The average Bonchev–Trinajstić information content (AvgIpc) is 3.21. The lowest BCUT2D eigenvalue weighted by atomic mass is 9.83. The summed E-state index contributed by atoms with van der Waals surface area (Å²) in [6.45, 7) is 2.61. The van der Waals surface area contributed by atoms with Crippen molar-refractivity contribution in [2.24, 2.45) is 0 Å². The summed E-state index contributed by atoms with van der Waals surface area (Å²) in [6, 6.07) is 6.16. The van der Waals surface area contributed by atoms with Crippen molar-refractivity contribution >= 4 is 26.8 Å². The summed E-state index contributed by atoms with van der Waals surface area (Å²) in [5, 5.41) is 8.42. The molecule has 5 rings (SSSR count). The molecule has 0 saturated heterocycles. The molecule has 5 nitrogen and oxygen atoms in total. The maximum Gasteiger partial charge on any atom is 0.128 e. The van der Waals surface area contributed by atoms with Gasteiger partial charge in [0.05, 0.1) is 24.9 Å². The highest BCUT2D eigenvalue weighted by Crippen LogP contribution is 2.48. The third kappa shape index (κ3) is 2.92. The Bertz CT molecular complexity index is 1050. The fraction of sp³-hybridized carbons (Fsp3) is 0.429. The van der Waals surface area contributed by atoms with E-state index in [-0.39, 0.29) is 12.1 Å². The van der Waals surface area contributed by atoms with Gasteiger partial charge in [-0.2, -0.15) is 5.10 Å². The zero-order valence-corrected chi connectivity index (χ0v) is 17.5. The first-order valence-corrected chi connectivity index (χ1v) is 10.4. The minimum absolute atomic E-state index is 0.109. The summed E-state index contributed by atoms with van der Waals surface area (Å²) >= 11 is 3.43. The predicted molar refractivity (Wildman–Crippen MR) is 109 cm³/mol. The van der Waals surface area contributed by atoms with Crippen molar-refractivity contribution in [2.75, 3.05) is 13.7 Å². The molecule has 28 heavy (non-hydrogen) atoms. The van der Waals surface area contributed by atoms with Crippen LogP contribution in [-0.4, -0.2) is 45.4 Å². The van der Waals surface area contributed by atoms with Gasteiger partial charge in [-0.15, -0.1) is 0 Å². The van der Waals surface area contributed by atoms with Crippen LogP contribution < -0.4 is 4.74 Å². The normalized spacial score (nSPS) is 23.6. The van der Waals surface area contributed by atoms with Crippen molar-refractivity contribution in [3.05, 3.63) is 51.9 Å². The van der Waals surface area contributed by atoms with Crippen LogP contribution in [0.25, 0.3) is 10.9 Å². The Balaban J connectivity index is 1.71. The number of halogens is 2. The third-order valence-corrected chi connectivity index (χ3v) is 6.53. The number of aromatic nitrogens is 3. The van der Waals surface area contributed by atoms with Gasteiger partial charge >= 0.3 is 0 Å². The Hall–Kier alpha value is -1.99. The van der Waals surface area contributed by atoms with E-state index >= 15 is 0 Å². The maximum absolute atomic E-state index is 14.9. The number of nitrogens with one attached hydrogen (secondary N) is 1. The number of hydrogen-bond acceptors (Lipinski definition) is 4. The first kappa shape index (κ1) is 18.1. The summed E-state index contributed by atoms with van der Waals surface area (Å²) in [4.78, 5) is 6.74. The molecule has 1 saturated carbocycles. The van der Waals surface area contributed by atoms with Crippen LogP contribution in [-0.2, 0) is 6.42 Å². The number of nitrogens with zero attached hydrogens (tertiary/aromatic N) is 3. The maximum atomic E-state index is 14.9. The van der Waals surface area contributed by atoms with Crippen LogP contribution in [0.15, 0.2) is 35.2 Å². The van der Waals surface area contributed by atoms with E-state index in [1.807, 2.05) is 18.5 Å². The van der Waals surface area contributed by atoms with Crippen LogP contribution >= 0.6 is 15.9 Å². The SMILES string of the molecule is COc1cc(Br)ncc1[C@@H]1c2ccc3[nH]ncc3c2C[C@@H](C)N1CC1(F)CC1. The van der Waals surface area contributed by atoms with Crippen molar-refractivity contribution in [3.63, 3.8) is 0 Å². The summed E-state index contributed by atoms with van der Waals surface area (Å²) in [5.41, 5.74) is 3.38. The molecular weight excluding hydrogens is 423 g/mol. The van der Waals surface area contributed by atoms with Crippen molar-refractivity contribution in [2.45, 2.75) is 43.9 Å². The Morgan fingerprint density at radius 2 is 2.14 bits per heavy atom. The summed E-state index contributed by atoms with van der Waals surface area (Å²) in [6.07, 6.45) is 5.89. The lowest BCUT2D eigenvalue weighted by Crippen LogP contribution is -2.46. The van der Waals surface area contributed by atoms with Gasteiger partial charge in [-0.25, -0.2) is 9.37 Å². The van der Waals surface area contributed by atoms with Gasteiger partial charge in [0, 0.05) is 35.8 Å². The highest BCUT2D eigenvalue weighted by molar-refractivity contribution is 9.10. The van der Waals surface area contributed by atoms with Gasteiger partial charge in [0.15, 0.2) is 0 Å². The van der Waals surface area contributed by atoms with E-state index in [0.29, 0.717) is 19.4 Å². The molecule has 1 aromatic carbocycles. The number of methoxy groups -OCH3 is 1. The van der Waals surface area contributed by atoms with E-state index in [1.165, 1.54) is 11.1 Å². The standard InChI is InChI=1S/C21H22BrFN4O/c1-12-7-14-13(3-4-17-15(14)10-25-26-17)20(27(12)11-21(23)5-6-21)16-9-24-19(22)8-18(16)28-2/h3-4,8-10,12,20H,5-7,11H2,1-2H3,(H,25,26)/t12-,20+/m1/s1. The molecule has 1 N–H and O–H groups in total. The third-order valence-electron chi connectivity index (χ3n) is 6.10. The quantitative estimate of drug-likeness (QED) is 0.598. The number of aromatic amines is 1. The molecule has 3 heterocycles. The fourth-order valence-corrected chi connectivity index (χ4v) is 4.75. The van der Waals surface area contributed by atoms with Crippen molar-refractivity contribution in [1.29, 1.82) is 0 Å². The Morgan fingerprint density at radius 1 is 1.32 bits per heavy atom. The molecule has 7 heteroatoms. The topological polar surface area (TPSA) is 54.0 Å². The van der Waals surface area contributed by atoms with Crippen LogP contribution in [0, 0.1) is 0 Å². The van der Waals surface area contributed by atoms with Crippen LogP contribution in [0.4, 0.5) is 4.39 Å². The summed E-state index contributed by atoms with van der Waals surface area (Å²) in [7, 11) is 1.67. The molecule has 0 spiro atoms. The minimum Gasteiger partial charge on any atom is -0.496 e. The molecule has 0 amide bonds. The highest BCUT2D eigenvalue weighted by Gasteiger charge is 2.48. The first-order chi connectivity index (χ1) is 13.5. The Labute approximate surface area is 171 Å². The second-order valence-corrected chi connectivity index (χ2v) is 8.80. The second-order valence-electron chi connectivity index (χ2n) is 7.99. The highest BCUT2D eigenvalue weighted by atomic mass is 79.9. The molecule has 1 aliphatic heterocycles. The van der Waals surface area contributed by atoms with Gasteiger partial charge < -0.3 is 4.74 Å². The lowest BCUT2D eigenvalue weighted by Gasteiger charge is -2.43. The number of ether oxygens (including phenoxy) is 1. The Morgan fingerprint density at radius 3 is 2.89 bits per heavy atom. The number of benzene rings is 1. The van der Waals surface area contributed by atoms with Crippen LogP contribution in [0.5, 0.6) is 5.75 Å². The number of pyridine rings is 1. The second kappa shape index (κ2) is 6.52. The molecule has 0 radical (unpaired) electrons. The molecule has 1 aliphatic carbocycles.